The number of phenolic OH excluding ortho intramolecular Hbond substituents is 1. The quantitative estimate of drug-likeness (QED) is 0.853. The van der Waals surface area contributed by atoms with Crippen LogP contribution < -0.4 is 10.2 Å². The number of rotatable bonds is 4. The fourth-order valence-electron chi connectivity index (χ4n) is 2.86. The van der Waals surface area contributed by atoms with E-state index in [0.717, 1.165) is 31.9 Å². The van der Waals surface area contributed by atoms with Crippen LogP contribution in [0.4, 0.5) is 11.4 Å². The molecule has 3 rings (SSSR count). The van der Waals surface area contributed by atoms with Crippen LogP contribution in [-0.4, -0.2) is 48.6 Å². The molecule has 7 heteroatoms. The highest BCUT2D eigenvalue weighted by Crippen LogP contribution is 2.23. The SMILES string of the molecule is O=C(CN1CCN(c2ccc(O)cc2)CC1)Nc1cc(Cl)cc(Cl)c1. The molecule has 1 heterocycles. The zero-order valence-corrected chi connectivity index (χ0v) is 15.1. The van der Waals surface area contributed by atoms with Gasteiger partial charge in [-0.3, -0.25) is 9.69 Å². The number of nitrogens with zero attached hydrogens (tertiary/aromatic N) is 2. The Morgan fingerprint density at radius 2 is 1.60 bits per heavy atom. The van der Waals surface area contributed by atoms with Gasteiger partial charge in [0.2, 0.25) is 5.91 Å². The summed E-state index contributed by atoms with van der Waals surface area (Å²) in [6.45, 7) is 3.59. The van der Waals surface area contributed by atoms with Crippen molar-refractivity contribution >= 4 is 40.5 Å². The number of nitrogens with one attached hydrogen (secondary N) is 1. The first-order chi connectivity index (χ1) is 12.0. The average molecular weight is 380 g/mol. The number of benzene rings is 2. The maximum absolute atomic E-state index is 12.2. The van der Waals surface area contributed by atoms with E-state index < -0.39 is 0 Å². The fourth-order valence-corrected chi connectivity index (χ4v) is 3.38. The summed E-state index contributed by atoms with van der Waals surface area (Å²) in [5.41, 5.74) is 1.68. The van der Waals surface area contributed by atoms with Crippen molar-refractivity contribution in [1.29, 1.82) is 0 Å². The molecule has 1 fully saturated rings. The predicted molar refractivity (Wildman–Crippen MR) is 102 cm³/mol. The van der Waals surface area contributed by atoms with Crippen molar-refractivity contribution in [2.75, 3.05) is 42.9 Å². The number of piperazine rings is 1. The number of carbonyl (C=O) groups is 1. The number of amides is 1. The van der Waals surface area contributed by atoms with Gasteiger partial charge < -0.3 is 15.3 Å². The van der Waals surface area contributed by atoms with E-state index in [1.54, 1.807) is 30.3 Å². The molecule has 0 spiro atoms. The normalized spacial score (nSPS) is 15.2. The highest BCUT2D eigenvalue weighted by molar-refractivity contribution is 6.35. The van der Waals surface area contributed by atoms with E-state index in [2.05, 4.69) is 15.1 Å². The summed E-state index contributed by atoms with van der Waals surface area (Å²) in [6.07, 6.45) is 0. The molecule has 2 aromatic carbocycles. The van der Waals surface area contributed by atoms with Gasteiger partial charge in [-0.2, -0.15) is 0 Å². The molecule has 2 N–H and O–H groups in total. The van der Waals surface area contributed by atoms with E-state index >= 15 is 0 Å². The second-order valence-electron chi connectivity index (χ2n) is 5.99. The molecule has 0 atom stereocenters. The summed E-state index contributed by atoms with van der Waals surface area (Å²) in [6, 6.07) is 12.2. The summed E-state index contributed by atoms with van der Waals surface area (Å²) >= 11 is 11.9. The summed E-state index contributed by atoms with van der Waals surface area (Å²) in [4.78, 5) is 16.6. The molecule has 0 unspecified atom stereocenters. The first-order valence-corrected chi connectivity index (χ1v) is 8.77. The number of hydrogen-bond acceptors (Lipinski definition) is 4. The Hall–Kier alpha value is -1.95. The van der Waals surface area contributed by atoms with Gasteiger partial charge >= 0.3 is 0 Å². The van der Waals surface area contributed by atoms with E-state index in [0.29, 0.717) is 22.3 Å². The van der Waals surface area contributed by atoms with Gasteiger partial charge in [0.1, 0.15) is 5.75 Å². The third-order valence-electron chi connectivity index (χ3n) is 4.10. The van der Waals surface area contributed by atoms with Crippen LogP contribution in [0.1, 0.15) is 0 Å². The van der Waals surface area contributed by atoms with Crippen LogP contribution in [0.3, 0.4) is 0 Å². The summed E-state index contributed by atoms with van der Waals surface area (Å²) in [5.74, 6) is 0.177. The van der Waals surface area contributed by atoms with Gasteiger partial charge in [0.25, 0.3) is 0 Å². The summed E-state index contributed by atoms with van der Waals surface area (Å²) in [7, 11) is 0. The molecule has 0 saturated carbocycles. The minimum Gasteiger partial charge on any atom is -0.508 e. The van der Waals surface area contributed by atoms with Gasteiger partial charge in [0.05, 0.1) is 6.54 Å². The zero-order chi connectivity index (χ0) is 17.8. The molecule has 0 aromatic heterocycles. The Bertz CT molecular complexity index is 724. The molecular weight excluding hydrogens is 361 g/mol. The third kappa shape index (κ3) is 5.01. The molecule has 2 aromatic rings. The minimum absolute atomic E-state index is 0.0867. The number of aromatic hydroxyl groups is 1. The van der Waals surface area contributed by atoms with Crippen molar-refractivity contribution in [1.82, 2.24) is 4.90 Å². The van der Waals surface area contributed by atoms with Gasteiger partial charge in [0.15, 0.2) is 0 Å². The standard InChI is InChI=1S/C18H19Cl2N3O2/c19-13-9-14(20)11-15(10-13)21-18(25)12-22-5-7-23(8-6-22)16-1-3-17(24)4-2-16/h1-4,9-11,24H,5-8,12H2,(H,21,25). The molecule has 5 nitrogen and oxygen atoms in total. The van der Waals surface area contributed by atoms with Crippen LogP contribution in [0.25, 0.3) is 0 Å². The fraction of sp³-hybridized carbons (Fsp3) is 0.278. The van der Waals surface area contributed by atoms with Crippen molar-refractivity contribution in [2.24, 2.45) is 0 Å². The minimum atomic E-state index is -0.0867. The van der Waals surface area contributed by atoms with E-state index in [1.807, 2.05) is 12.1 Å². The van der Waals surface area contributed by atoms with Crippen molar-refractivity contribution in [2.45, 2.75) is 0 Å². The Balaban J connectivity index is 1.50. The van der Waals surface area contributed by atoms with Gasteiger partial charge in [-0.1, -0.05) is 23.2 Å². The zero-order valence-electron chi connectivity index (χ0n) is 13.6. The lowest BCUT2D eigenvalue weighted by Gasteiger charge is -2.35. The Kier molecular flexibility index (Phi) is 5.68. The number of anilines is 2. The molecule has 0 radical (unpaired) electrons. The van der Waals surface area contributed by atoms with Crippen LogP contribution in [-0.2, 0) is 4.79 Å². The van der Waals surface area contributed by atoms with E-state index in [9.17, 15) is 9.90 Å². The third-order valence-corrected chi connectivity index (χ3v) is 4.54. The van der Waals surface area contributed by atoms with E-state index in [-0.39, 0.29) is 11.7 Å². The maximum Gasteiger partial charge on any atom is 0.238 e. The molecule has 1 saturated heterocycles. The maximum atomic E-state index is 12.2. The van der Waals surface area contributed by atoms with Gasteiger partial charge in [0, 0.05) is 47.6 Å². The lowest BCUT2D eigenvalue weighted by Crippen LogP contribution is -2.48. The van der Waals surface area contributed by atoms with Crippen LogP contribution in [0.15, 0.2) is 42.5 Å². The first-order valence-electron chi connectivity index (χ1n) is 8.02. The van der Waals surface area contributed by atoms with Crippen LogP contribution in [0.5, 0.6) is 5.75 Å². The summed E-state index contributed by atoms with van der Waals surface area (Å²) in [5, 5.41) is 13.2. The second-order valence-corrected chi connectivity index (χ2v) is 6.86. The monoisotopic (exact) mass is 379 g/mol. The molecule has 1 amide bonds. The number of carbonyl (C=O) groups excluding carboxylic acids is 1. The molecule has 1 aliphatic heterocycles. The lowest BCUT2D eigenvalue weighted by atomic mass is 10.2. The van der Waals surface area contributed by atoms with Crippen molar-refractivity contribution in [3.63, 3.8) is 0 Å². The number of halogens is 2. The van der Waals surface area contributed by atoms with Crippen LogP contribution >= 0.6 is 23.2 Å². The van der Waals surface area contributed by atoms with Gasteiger partial charge in [-0.15, -0.1) is 0 Å². The molecule has 1 aliphatic rings. The average Bonchev–Trinajstić information content (AvgIpc) is 2.55. The smallest absolute Gasteiger partial charge is 0.238 e. The van der Waals surface area contributed by atoms with E-state index in [1.165, 1.54) is 0 Å². The molecule has 0 bridgehead atoms. The molecule has 132 valence electrons. The summed E-state index contributed by atoms with van der Waals surface area (Å²) < 4.78 is 0. The van der Waals surface area contributed by atoms with Gasteiger partial charge in [-0.25, -0.2) is 0 Å². The highest BCUT2D eigenvalue weighted by Gasteiger charge is 2.19. The Morgan fingerprint density at radius 3 is 2.20 bits per heavy atom. The van der Waals surface area contributed by atoms with Crippen molar-refractivity contribution in [3.8, 4) is 5.75 Å². The molecule has 25 heavy (non-hydrogen) atoms. The number of hydrogen-bond donors (Lipinski definition) is 2. The first kappa shape index (κ1) is 17.9. The Labute approximate surface area is 156 Å². The van der Waals surface area contributed by atoms with Crippen molar-refractivity contribution < 1.29 is 9.90 Å². The van der Waals surface area contributed by atoms with Crippen LogP contribution in [0, 0.1) is 0 Å². The highest BCUT2D eigenvalue weighted by atomic mass is 35.5. The predicted octanol–water partition coefficient (Wildman–Crippen LogP) is 3.46. The largest absolute Gasteiger partial charge is 0.508 e. The molecule has 0 aliphatic carbocycles. The Morgan fingerprint density at radius 1 is 1.00 bits per heavy atom. The second kappa shape index (κ2) is 7.95. The van der Waals surface area contributed by atoms with Crippen molar-refractivity contribution in [3.05, 3.63) is 52.5 Å². The van der Waals surface area contributed by atoms with Crippen LogP contribution in [0.2, 0.25) is 10.0 Å². The molecular formula is C18H19Cl2N3O2. The number of phenols is 1. The van der Waals surface area contributed by atoms with E-state index in [4.69, 9.17) is 23.2 Å². The lowest BCUT2D eigenvalue weighted by molar-refractivity contribution is -0.117. The topological polar surface area (TPSA) is 55.8 Å². The van der Waals surface area contributed by atoms with Gasteiger partial charge in [-0.05, 0) is 42.5 Å².